The van der Waals surface area contributed by atoms with Gasteiger partial charge in [-0.15, -0.1) is 0 Å². The summed E-state index contributed by atoms with van der Waals surface area (Å²) in [5, 5.41) is 10.8. The number of aliphatic hydroxyl groups excluding tert-OH is 1. The summed E-state index contributed by atoms with van der Waals surface area (Å²) in [6.45, 7) is 0.333. The topological polar surface area (TPSA) is 49.3 Å². The number of halogens is 2. The molecule has 0 spiro atoms. The van der Waals surface area contributed by atoms with Crippen LogP contribution in [0.2, 0.25) is 5.02 Å². The fraction of sp³-hybridized carbons (Fsp3) is 0.300. The van der Waals surface area contributed by atoms with Crippen molar-refractivity contribution in [1.82, 2.24) is 5.32 Å². The second-order valence-corrected chi connectivity index (χ2v) is 3.31. The molecule has 0 saturated heterocycles. The minimum atomic E-state index is -0.619. The fourth-order valence-electron chi connectivity index (χ4n) is 1.06. The van der Waals surface area contributed by atoms with Crippen molar-refractivity contribution in [2.75, 3.05) is 13.2 Å². The van der Waals surface area contributed by atoms with Crippen LogP contribution in [0.5, 0.6) is 0 Å². The Hall–Kier alpha value is -1.13. The monoisotopic (exact) mass is 231 g/mol. The first-order chi connectivity index (χ1) is 7.16. The molecule has 1 aromatic rings. The maximum absolute atomic E-state index is 13.0. The van der Waals surface area contributed by atoms with Gasteiger partial charge in [0.05, 0.1) is 10.6 Å². The summed E-state index contributed by atoms with van der Waals surface area (Å²) >= 11 is 5.62. The van der Waals surface area contributed by atoms with Crippen molar-refractivity contribution in [1.29, 1.82) is 0 Å². The molecule has 0 saturated carbocycles. The van der Waals surface area contributed by atoms with Crippen LogP contribution in [-0.2, 0) is 0 Å². The lowest BCUT2D eigenvalue weighted by atomic mass is 10.2. The summed E-state index contributed by atoms with van der Waals surface area (Å²) < 4.78 is 13.0. The average molecular weight is 232 g/mol. The molecule has 0 fully saturated rings. The molecule has 0 aliphatic rings. The quantitative estimate of drug-likeness (QED) is 0.774. The lowest BCUT2D eigenvalue weighted by Gasteiger charge is -2.05. The summed E-state index contributed by atoms with van der Waals surface area (Å²) in [5.74, 6) is -1.06. The second-order valence-electron chi connectivity index (χ2n) is 2.93. The van der Waals surface area contributed by atoms with E-state index in [9.17, 15) is 9.18 Å². The van der Waals surface area contributed by atoms with E-state index in [-0.39, 0.29) is 17.2 Å². The Labute approximate surface area is 91.9 Å². The first kappa shape index (κ1) is 11.9. The molecule has 1 rings (SSSR count). The van der Waals surface area contributed by atoms with E-state index in [2.05, 4.69) is 5.32 Å². The van der Waals surface area contributed by atoms with Gasteiger partial charge in [0.1, 0.15) is 5.82 Å². The number of hydrogen-bond acceptors (Lipinski definition) is 2. The number of carbonyl (C=O) groups is 1. The predicted octanol–water partition coefficient (Wildman–Crippen LogP) is 1.59. The Balaban J connectivity index is 2.69. The normalized spacial score (nSPS) is 10.1. The van der Waals surface area contributed by atoms with Gasteiger partial charge in [-0.25, -0.2) is 4.39 Å². The van der Waals surface area contributed by atoms with E-state index in [0.29, 0.717) is 13.0 Å². The molecule has 82 valence electrons. The number of aliphatic hydroxyl groups is 1. The van der Waals surface area contributed by atoms with E-state index < -0.39 is 11.7 Å². The molecule has 0 atom stereocenters. The average Bonchev–Trinajstić information content (AvgIpc) is 2.22. The molecule has 0 radical (unpaired) electrons. The van der Waals surface area contributed by atoms with Gasteiger partial charge in [0.25, 0.3) is 5.91 Å². The van der Waals surface area contributed by atoms with Crippen LogP contribution in [-0.4, -0.2) is 24.2 Å². The number of carbonyl (C=O) groups excluding carboxylic acids is 1. The van der Waals surface area contributed by atoms with E-state index in [1.807, 2.05) is 0 Å². The largest absolute Gasteiger partial charge is 0.396 e. The van der Waals surface area contributed by atoms with E-state index in [1.165, 1.54) is 18.2 Å². The Kier molecular flexibility index (Phi) is 4.52. The predicted molar refractivity (Wildman–Crippen MR) is 55.4 cm³/mol. The molecular weight excluding hydrogens is 221 g/mol. The highest BCUT2D eigenvalue weighted by molar-refractivity contribution is 6.34. The van der Waals surface area contributed by atoms with E-state index in [4.69, 9.17) is 16.7 Å². The molecule has 0 unspecified atom stereocenters. The third kappa shape index (κ3) is 3.18. The molecule has 1 aromatic carbocycles. The van der Waals surface area contributed by atoms with Gasteiger partial charge in [-0.05, 0) is 18.6 Å². The molecule has 2 N–H and O–H groups in total. The zero-order chi connectivity index (χ0) is 11.3. The summed E-state index contributed by atoms with van der Waals surface area (Å²) in [7, 11) is 0. The van der Waals surface area contributed by atoms with Crippen LogP contribution in [0.3, 0.4) is 0 Å². The van der Waals surface area contributed by atoms with Crippen LogP contribution in [0, 0.1) is 5.82 Å². The van der Waals surface area contributed by atoms with Crippen LogP contribution >= 0.6 is 11.6 Å². The smallest absolute Gasteiger partial charge is 0.252 e. The molecule has 3 nitrogen and oxygen atoms in total. The lowest BCUT2D eigenvalue weighted by molar-refractivity contribution is 0.0951. The standard InChI is InChI=1S/C10H11ClFNO2/c11-9-7(3-1-4-8(9)12)10(15)13-5-2-6-14/h1,3-4,14H,2,5-6H2,(H,13,15). The second kappa shape index (κ2) is 5.68. The van der Waals surface area contributed by atoms with Gasteiger partial charge < -0.3 is 10.4 Å². The molecule has 0 aliphatic carbocycles. The van der Waals surface area contributed by atoms with Crippen molar-refractivity contribution in [3.05, 3.63) is 34.6 Å². The summed E-state index contributed by atoms with van der Waals surface area (Å²) in [5.41, 5.74) is 0.106. The molecule has 1 amide bonds. The first-order valence-electron chi connectivity index (χ1n) is 4.50. The summed E-state index contributed by atoms with van der Waals surface area (Å²) in [6, 6.07) is 4.05. The number of amides is 1. The van der Waals surface area contributed by atoms with E-state index >= 15 is 0 Å². The van der Waals surface area contributed by atoms with Gasteiger partial charge in [0.15, 0.2) is 0 Å². The summed E-state index contributed by atoms with van der Waals surface area (Å²) in [6.07, 6.45) is 0.457. The Morgan fingerprint density at radius 1 is 1.53 bits per heavy atom. The minimum Gasteiger partial charge on any atom is -0.396 e. The van der Waals surface area contributed by atoms with Crippen molar-refractivity contribution in [2.45, 2.75) is 6.42 Å². The van der Waals surface area contributed by atoms with Crippen LogP contribution in [0.4, 0.5) is 4.39 Å². The van der Waals surface area contributed by atoms with Crippen LogP contribution in [0.1, 0.15) is 16.8 Å². The van der Waals surface area contributed by atoms with Crippen molar-refractivity contribution >= 4 is 17.5 Å². The minimum absolute atomic E-state index is 0.00281. The molecule has 0 heterocycles. The number of nitrogens with one attached hydrogen (secondary N) is 1. The number of rotatable bonds is 4. The maximum atomic E-state index is 13.0. The zero-order valence-corrected chi connectivity index (χ0v) is 8.72. The molecule has 0 aliphatic heterocycles. The van der Waals surface area contributed by atoms with Crippen LogP contribution in [0.25, 0.3) is 0 Å². The molecule has 15 heavy (non-hydrogen) atoms. The Morgan fingerprint density at radius 2 is 2.27 bits per heavy atom. The van der Waals surface area contributed by atoms with Gasteiger partial charge in [-0.2, -0.15) is 0 Å². The van der Waals surface area contributed by atoms with Crippen LogP contribution in [0.15, 0.2) is 18.2 Å². The fourth-order valence-corrected chi connectivity index (χ4v) is 1.27. The highest BCUT2D eigenvalue weighted by atomic mass is 35.5. The highest BCUT2D eigenvalue weighted by Crippen LogP contribution is 2.19. The molecule has 5 heteroatoms. The van der Waals surface area contributed by atoms with Crippen LogP contribution < -0.4 is 5.32 Å². The molecule has 0 aromatic heterocycles. The van der Waals surface area contributed by atoms with Crippen molar-refractivity contribution in [3.8, 4) is 0 Å². The lowest BCUT2D eigenvalue weighted by Crippen LogP contribution is -2.25. The Morgan fingerprint density at radius 3 is 2.93 bits per heavy atom. The van der Waals surface area contributed by atoms with Gasteiger partial charge >= 0.3 is 0 Å². The van der Waals surface area contributed by atoms with Gasteiger partial charge in [0, 0.05) is 13.2 Å². The highest BCUT2D eigenvalue weighted by Gasteiger charge is 2.12. The first-order valence-corrected chi connectivity index (χ1v) is 4.87. The van der Waals surface area contributed by atoms with E-state index in [1.54, 1.807) is 0 Å². The SMILES string of the molecule is O=C(NCCCO)c1cccc(F)c1Cl. The van der Waals surface area contributed by atoms with Gasteiger partial charge in [0.2, 0.25) is 0 Å². The van der Waals surface area contributed by atoms with Gasteiger partial charge in [-0.3, -0.25) is 4.79 Å². The summed E-state index contributed by atoms with van der Waals surface area (Å²) in [4.78, 5) is 11.4. The molecule has 0 bridgehead atoms. The molecular formula is C10H11ClFNO2. The third-order valence-corrected chi connectivity index (χ3v) is 2.20. The van der Waals surface area contributed by atoms with Crippen molar-refractivity contribution in [3.63, 3.8) is 0 Å². The Bertz CT molecular complexity index is 357. The third-order valence-electron chi connectivity index (χ3n) is 1.82. The maximum Gasteiger partial charge on any atom is 0.252 e. The number of hydrogen-bond donors (Lipinski definition) is 2. The van der Waals surface area contributed by atoms with Crippen molar-refractivity contribution in [2.24, 2.45) is 0 Å². The van der Waals surface area contributed by atoms with Crippen molar-refractivity contribution < 1.29 is 14.3 Å². The number of benzene rings is 1. The van der Waals surface area contributed by atoms with Gasteiger partial charge in [-0.1, -0.05) is 17.7 Å². The van der Waals surface area contributed by atoms with E-state index in [0.717, 1.165) is 0 Å². The zero-order valence-electron chi connectivity index (χ0n) is 7.96.